The Labute approximate surface area is 168 Å². The van der Waals surface area contributed by atoms with Crippen LogP contribution >= 0.6 is 0 Å². The second-order valence-electron chi connectivity index (χ2n) is 5.91. The number of rotatable bonds is 4. The Hall–Kier alpha value is -3.05. The third kappa shape index (κ3) is 3.59. The summed E-state index contributed by atoms with van der Waals surface area (Å²) in [5.74, 6) is -0.565. The molecule has 0 bridgehead atoms. The van der Waals surface area contributed by atoms with Crippen molar-refractivity contribution in [2.24, 2.45) is 0 Å². The molecule has 4 rings (SSSR count). The summed E-state index contributed by atoms with van der Waals surface area (Å²) in [7, 11) is 0. The molecule has 0 atom stereocenters. The minimum atomic E-state index is -1.08. The van der Waals surface area contributed by atoms with Gasteiger partial charge in [-0.2, -0.15) is 0 Å². The van der Waals surface area contributed by atoms with Gasteiger partial charge in [-0.05, 0) is 11.1 Å². The van der Waals surface area contributed by atoms with E-state index in [4.69, 9.17) is 4.42 Å². The van der Waals surface area contributed by atoms with Crippen molar-refractivity contribution in [2.45, 2.75) is 0 Å². The number of carboxylic acids is 1. The van der Waals surface area contributed by atoms with E-state index in [0.29, 0.717) is 11.3 Å². The van der Waals surface area contributed by atoms with E-state index in [2.05, 4.69) is 0 Å². The molecule has 4 aromatic rings. The van der Waals surface area contributed by atoms with E-state index in [1.54, 1.807) is 0 Å². The molecule has 0 fully saturated rings. The van der Waals surface area contributed by atoms with Crippen molar-refractivity contribution in [3.63, 3.8) is 0 Å². The van der Waals surface area contributed by atoms with E-state index in [1.807, 2.05) is 91.0 Å². The first-order valence-electron chi connectivity index (χ1n) is 8.32. The van der Waals surface area contributed by atoms with E-state index in [1.165, 1.54) is 0 Å². The van der Waals surface area contributed by atoms with Gasteiger partial charge in [0, 0.05) is 16.7 Å². The molecule has 0 amide bonds. The molecular formula is C23H20GeO3. The number of hydrogen-bond donors (Lipinski definition) is 1. The first-order chi connectivity index (χ1) is 12.8. The van der Waals surface area contributed by atoms with Crippen LogP contribution < -0.4 is 0 Å². The first-order valence-corrected chi connectivity index (χ1v) is 8.32. The van der Waals surface area contributed by atoms with Gasteiger partial charge in [-0.1, -0.05) is 91.0 Å². The Balaban J connectivity index is 0.00000210. The van der Waals surface area contributed by atoms with E-state index in [-0.39, 0.29) is 23.4 Å². The molecule has 0 radical (unpaired) electrons. The van der Waals surface area contributed by atoms with Crippen molar-refractivity contribution in [3.8, 4) is 33.6 Å². The van der Waals surface area contributed by atoms with Gasteiger partial charge in [-0.25, -0.2) is 4.79 Å². The van der Waals surface area contributed by atoms with Crippen molar-refractivity contribution < 1.29 is 14.3 Å². The van der Waals surface area contributed by atoms with Gasteiger partial charge >= 0.3 is 23.6 Å². The molecule has 27 heavy (non-hydrogen) atoms. The number of hydrogen-bond acceptors (Lipinski definition) is 2. The zero-order valence-electron chi connectivity index (χ0n) is 13.9. The second kappa shape index (κ2) is 8.10. The van der Waals surface area contributed by atoms with Gasteiger partial charge in [0.1, 0.15) is 5.76 Å². The summed E-state index contributed by atoms with van der Waals surface area (Å²) in [5, 5.41) is 9.76. The minimum absolute atomic E-state index is 0. The molecule has 0 aliphatic carbocycles. The van der Waals surface area contributed by atoms with Crippen molar-refractivity contribution in [1.82, 2.24) is 0 Å². The maximum absolute atomic E-state index is 11.9. The molecule has 134 valence electrons. The van der Waals surface area contributed by atoms with Crippen LogP contribution in [0.2, 0.25) is 0 Å². The van der Waals surface area contributed by atoms with Crippen LogP contribution in [0.1, 0.15) is 10.6 Å². The number of aromatic carboxylic acids is 1. The molecule has 0 spiro atoms. The predicted molar refractivity (Wildman–Crippen MR) is 113 cm³/mol. The van der Waals surface area contributed by atoms with Crippen LogP contribution in [0.5, 0.6) is 0 Å². The molecule has 4 heteroatoms. The summed E-state index contributed by atoms with van der Waals surface area (Å²) < 4.78 is 5.90. The average molecular weight is 417 g/mol. The normalized spacial score (nSPS) is 10.2. The summed E-state index contributed by atoms with van der Waals surface area (Å²) in [5.41, 5.74) is 3.97. The molecule has 1 N–H and O–H groups in total. The fourth-order valence-corrected chi connectivity index (χ4v) is 3.14. The molecule has 0 aliphatic rings. The standard InChI is InChI=1S/C23H16O3.GeH4/c24-23(25)22-20(17-12-6-2-7-13-17)19(16-10-4-1-5-11-16)21(26-22)18-14-8-3-9-15-18;/h1-15H,(H,24,25);1H4. The summed E-state index contributed by atoms with van der Waals surface area (Å²) in [4.78, 5) is 11.9. The number of carbonyl (C=O) groups is 1. The van der Waals surface area contributed by atoms with Crippen LogP contribution in [0.15, 0.2) is 95.4 Å². The van der Waals surface area contributed by atoms with Gasteiger partial charge in [-0.3, -0.25) is 0 Å². The molecule has 0 saturated carbocycles. The van der Waals surface area contributed by atoms with Gasteiger partial charge in [-0.15, -0.1) is 0 Å². The Bertz CT molecular complexity index is 1040. The second-order valence-corrected chi connectivity index (χ2v) is 5.91. The van der Waals surface area contributed by atoms with Crippen LogP contribution in [-0.2, 0) is 0 Å². The van der Waals surface area contributed by atoms with Crippen molar-refractivity contribution in [3.05, 3.63) is 96.8 Å². The Morgan fingerprint density at radius 2 is 1.04 bits per heavy atom. The number of carboxylic acid groups (broad SMARTS) is 1. The summed E-state index contributed by atoms with van der Waals surface area (Å²) in [6.07, 6.45) is 0. The molecule has 1 aromatic heterocycles. The van der Waals surface area contributed by atoms with E-state index in [9.17, 15) is 9.90 Å². The van der Waals surface area contributed by atoms with Crippen LogP contribution in [0.3, 0.4) is 0 Å². The van der Waals surface area contributed by atoms with Gasteiger partial charge in [0.15, 0.2) is 0 Å². The van der Waals surface area contributed by atoms with Crippen molar-refractivity contribution >= 4 is 23.6 Å². The predicted octanol–water partition coefficient (Wildman–Crippen LogP) is 4.53. The number of furan rings is 1. The van der Waals surface area contributed by atoms with E-state index in [0.717, 1.165) is 22.3 Å². The Kier molecular flexibility index (Phi) is 5.62. The topological polar surface area (TPSA) is 50.4 Å². The van der Waals surface area contributed by atoms with Gasteiger partial charge in [0.25, 0.3) is 0 Å². The fraction of sp³-hybridized carbons (Fsp3) is 0. The van der Waals surface area contributed by atoms with Crippen LogP contribution in [0.25, 0.3) is 33.6 Å². The maximum atomic E-state index is 11.9. The summed E-state index contributed by atoms with van der Waals surface area (Å²) in [6, 6.07) is 28.8. The molecular weight excluding hydrogens is 397 g/mol. The monoisotopic (exact) mass is 418 g/mol. The number of benzene rings is 3. The summed E-state index contributed by atoms with van der Waals surface area (Å²) >= 11 is 0. The van der Waals surface area contributed by atoms with Crippen molar-refractivity contribution in [2.75, 3.05) is 0 Å². The molecule has 0 unspecified atom stereocenters. The SMILES string of the molecule is O=C(O)c1oc(-c2ccccc2)c(-c2ccccc2)c1-c1ccccc1.[GeH4]. The average Bonchev–Trinajstić information content (AvgIpc) is 3.11. The van der Waals surface area contributed by atoms with Gasteiger partial charge in [0.2, 0.25) is 5.76 Å². The van der Waals surface area contributed by atoms with Crippen LogP contribution in [0, 0.1) is 0 Å². The molecule has 0 aliphatic heterocycles. The van der Waals surface area contributed by atoms with Gasteiger partial charge < -0.3 is 9.52 Å². The quantitative estimate of drug-likeness (QED) is 0.497. The van der Waals surface area contributed by atoms with Crippen molar-refractivity contribution in [1.29, 1.82) is 0 Å². The van der Waals surface area contributed by atoms with E-state index >= 15 is 0 Å². The zero-order chi connectivity index (χ0) is 17.9. The molecule has 3 nitrogen and oxygen atoms in total. The Morgan fingerprint density at radius 3 is 1.48 bits per heavy atom. The van der Waals surface area contributed by atoms with Crippen LogP contribution in [-0.4, -0.2) is 28.7 Å². The van der Waals surface area contributed by atoms with Gasteiger partial charge in [0.05, 0.1) is 0 Å². The third-order valence-corrected chi connectivity index (χ3v) is 4.26. The zero-order valence-corrected chi connectivity index (χ0v) is 13.9. The van der Waals surface area contributed by atoms with Crippen LogP contribution in [0.4, 0.5) is 0 Å². The summed E-state index contributed by atoms with van der Waals surface area (Å²) in [6.45, 7) is 0. The Morgan fingerprint density at radius 1 is 0.630 bits per heavy atom. The molecule has 1 heterocycles. The third-order valence-electron chi connectivity index (χ3n) is 4.26. The van der Waals surface area contributed by atoms with E-state index < -0.39 is 5.97 Å². The molecule has 0 saturated heterocycles. The fourth-order valence-electron chi connectivity index (χ4n) is 3.14. The first kappa shape index (κ1) is 18.7. The molecule has 3 aromatic carbocycles.